The van der Waals surface area contributed by atoms with Crippen LogP contribution in [0, 0.1) is 11.6 Å². The molecule has 6 heteroatoms. The molecule has 0 amide bonds. The van der Waals surface area contributed by atoms with Crippen LogP contribution in [0.3, 0.4) is 0 Å². The lowest BCUT2D eigenvalue weighted by molar-refractivity contribution is 0.520. The van der Waals surface area contributed by atoms with Crippen LogP contribution in [0.15, 0.2) is 43.7 Å². The van der Waals surface area contributed by atoms with Gasteiger partial charge in [0, 0.05) is 19.0 Å². The monoisotopic (exact) mass is 467 g/mol. The van der Waals surface area contributed by atoms with E-state index in [1.807, 2.05) is 18.2 Å². The van der Waals surface area contributed by atoms with Gasteiger partial charge in [-0.2, -0.15) is 0 Å². The highest BCUT2D eigenvalue weighted by Gasteiger charge is 2.23. The van der Waals surface area contributed by atoms with Gasteiger partial charge in [-0.3, -0.25) is 0 Å². The third kappa shape index (κ3) is 3.30. The van der Waals surface area contributed by atoms with Gasteiger partial charge in [0.05, 0.1) is 6.04 Å². The highest BCUT2D eigenvalue weighted by atomic mass is 79.9. The van der Waals surface area contributed by atoms with Gasteiger partial charge in [0.25, 0.3) is 0 Å². The van der Waals surface area contributed by atoms with E-state index in [2.05, 4.69) is 53.1 Å². The van der Waals surface area contributed by atoms with Crippen LogP contribution >= 0.6 is 47.8 Å². The zero-order valence-corrected chi connectivity index (χ0v) is 15.1. The van der Waals surface area contributed by atoms with Gasteiger partial charge >= 0.3 is 0 Å². The van der Waals surface area contributed by atoms with E-state index in [0.717, 1.165) is 14.5 Å². The highest BCUT2D eigenvalue weighted by Crippen LogP contribution is 2.34. The van der Waals surface area contributed by atoms with Crippen molar-refractivity contribution in [1.29, 1.82) is 0 Å². The van der Waals surface area contributed by atoms with E-state index < -0.39 is 17.7 Å². The van der Waals surface area contributed by atoms with Crippen LogP contribution < -0.4 is 5.32 Å². The molecule has 0 aliphatic carbocycles. The molecule has 0 spiro atoms. The van der Waals surface area contributed by atoms with Crippen molar-refractivity contribution in [2.24, 2.45) is 0 Å². The second-order valence-electron chi connectivity index (χ2n) is 4.17. The van der Waals surface area contributed by atoms with Crippen molar-refractivity contribution in [3.8, 4) is 0 Å². The Hall–Kier alpha value is -0.300. The summed E-state index contributed by atoms with van der Waals surface area (Å²) in [5, 5.41) is 2.96. The van der Waals surface area contributed by atoms with Gasteiger partial charge in [-0.15, -0.1) is 0 Å². The van der Waals surface area contributed by atoms with Crippen molar-refractivity contribution in [3.63, 3.8) is 0 Å². The zero-order chi connectivity index (χ0) is 14.9. The van der Waals surface area contributed by atoms with Gasteiger partial charge in [0.15, 0.2) is 0 Å². The Bertz CT molecular complexity index is 623. The summed E-state index contributed by atoms with van der Waals surface area (Å²) in [6.07, 6.45) is 0. The van der Waals surface area contributed by atoms with Crippen LogP contribution in [0.25, 0.3) is 0 Å². The maximum absolute atomic E-state index is 14.1. The normalized spacial score (nSPS) is 12.5. The smallest absolute Gasteiger partial charge is 0.132 e. The predicted molar refractivity (Wildman–Crippen MR) is 86.8 cm³/mol. The molecule has 0 aliphatic heterocycles. The summed E-state index contributed by atoms with van der Waals surface area (Å²) >= 11 is 9.87. The Balaban J connectivity index is 2.61. The summed E-state index contributed by atoms with van der Waals surface area (Å²) < 4.78 is 30.3. The van der Waals surface area contributed by atoms with Gasteiger partial charge in [0.1, 0.15) is 11.6 Å². The van der Waals surface area contributed by atoms with Gasteiger partial charge in [-0.05, 0) is 42.9 Å². The van der Waals surface area contributed by atoms with E-state index in [9.17, 15) is 8.78 Å². The largest absolute Gasteiger partial charge is 0.309 e. The molecule has 2 aromatic carbocycles. The lowest BCUT2D eigenvalue weighted by Gasteiger charge is -2.20. The van der Waals surface area contributed by atoms with E-state index in [0.29, 0.717) is 4.47 Å². The van der Waals surface area contributed by atoms with Crippen LogP contribution in [0.2, 0.25) is 0 Å². The lowest BCUT2D eigenvalue weighted by Crippen LogP contribution is -2.21. The van der Waals surface area contributed by atoms with Crippen molar-refractivity contribution in [1.82, 2.24) is 5.32 Å². The topological polar surface area (TPSA) is 12.0 Å². The first-order chi connectivity index (χ1) is 9.43. The fourth-order valence-electron chi connectivity index (χ4n) is 2.02. The first-order valence-corrected chi connectivity index (χ1v) is 8.08. The molecule has 0 aromatic heterocycles. The average molecular weight is 470 g/mol. The van der Waals surface area contributed by atoms with E-state index in [1.165, 1.54) is 12.1 Å². The standard InChI is InChI=1S/C14H10Br3F2N/c1-20-14(9-4-7(15)2-3-10(9)17)13-11(18)5-8(16)6-12(13)19/h2-6,14,20H,1H3. The van der Waals surface area contributed by atoms with Gasteiger partial charge < -0.3 is 5.32 Å². The Labute approximate surface area is 141 Å². The van der Waals surface area contributed by atoms with Crippen LogP contribution in [0.5, 0.6) is 0 Å². The molecule has 0 aliphatic rings. The average Bonchev–Trinajstić information content (AvgIpc) is 2.37. The first kappa shape index (κ1) is 16.1. The Morgan fingerprint density at radius 2 is 1.55 bits per heavy atom. The van der Waals surface area contributed by atoms with Crippen LogP contribution in [0.4, 0.5) is 8.78 Å². The second kappa shape index (κ2) is 6.64. The summed E-state index contributed by atoms with van der Waals surface area (Å²) in [4.78, 5) is 0. The number of nitrogens with one attached hydrogen (secondary N) is 1. The fourth-order valence-corrected chi connectivity index (χ4v) is 3.28. The summed E-state index contributed by atoms with van der Waals surface area (Å²) in [6.45, 7) is 0. The third-order valence-corrected chi connectivity index (χ3v) is 4.56. The van der Waals surface area contributed by atoms with Crippen molar-refractivity contribution in [2.75, 3.05) is 7.05 Å². The van der Waals surface area contributed by atoms with Crippen molar-refractivity contribution in [3.05, 3.63) is 66.5 Å². The molecule has 0 saturated heterocycles. The van der Waals surface area contributed by atoms with E-state index in [1.54, 1.807) is 7.05 Å². The summed E-state index contributed by atoms with van der Waals surface area (Å²) in [7, 11) is 1.67. The van der Waals surface area contributed by atoms with E-state index >= 15 is 0 Å². The maximum atomic E-state index is 14.1. The molecule has 106 valence electrons. The molecule has 0 fully saturated rings. The minimum Gasteiger partial charge on any atom is -0.309 e. The van der Waals surface area contributed by atoms with Gasteiger partial charge in [-0.25, -0.2) is 8.78 Å². The second-order valence-corrected chi connectivity index (χ2v) is 6.86. The van der Waals surface area contributed by atoms with Gasteiger partial charge in [0.2, 0.25) is 0 Å². The Kier molecular flexibility index (Phi) is 5.34. The number of hydrogen-bond acceptors (Lipinski definition) is 1. The molecule has 0 radical (unpaired) electrons. The molecule has 20 heavy (non-hydrogen) atoms. The molecular formula is C14H10Br3F2N. The van der Waals surface area contributed by atoms with Crippen LogP contribution in [-0.2, 0) is 0 Å². The number of benzene rings is 2. The molecular weight excluding hydrogens is 460 g/mol. The summed E-state index contributed by atoms with van der Waals surface area (Å²) in [5.41, 5.74) is 0.747. The molecule has 2 rings (SSSR count). The Morgan fingerprint density at radius 3 is 2.10 bits per heavy atom. The number of halogens is 5. The van der Waals surface area contributed by atoms with Crippen LogP contribution in [-0.4, -0.2) is 7.05 Å². The van der Waals surface area contributed by atoms with Crippen molar-refractivity contribution >= 4 is 47.8 Å². The number of hydrogen-bond donors (Lipinski definition) is 1. The molecule has 0 bridgehead atoms. The molecule has 1 atom stereocenters. The first-order valence-electron chi connectivity index (χ1n) is 5.70. The lowest BCUT2D eigenvalue weighted by atomic mass is 9.98. The maximum Gasteiger partial charge on any atom is 0.132 e. The number of rotatable bonds is 3. The summed E-state index contributed by atoms with van der Waals surface area (Å²) in [5.74, 6) is -1.19. The molecule has 2 aromatic rings. The predicted octanol–water partition coefficient (Wildman–Crippen LogP) is 5.56. The molecule has 1 nitrogen and oxygen atoms in total. The SMILES string of the molecule is CNC(c1cc(Br)ccc1Br)c1c(F)cc(Br)cc1F. The minimum absolute atomic E-state index is 0.00509. The van der Waals surface area contributed by atoms with Gasteiger partial charge in [-0.1, -0.05) is 47.8 Å². The molecule has 0 heterocycles. The van der Waals surface area contributed by atoms with Crippen molar-refractivity contribution < 1.29 is 8.78 Å². The van der Waals surface area contributed by atoms with E-state index in [-0.39, 0.29) is 5.56 Å². The quantitative estimate of drug-likeness (QED) is 0.620. The molecule has 1 N–H and O–H groups in total. The summed E-state index contributed by atoms with van der Waals surface area (Å²) in [6, 6.07) is 7.44. The zero-order valence-electron chi connectivity index (χ0n) is 10.4. The molecule has 0 saturated carbocycles. The fraction of sp³-hybridized carbons (Fsp3) is 0.143. The highest BCUT2D eigenvalue weighted by molar-refractivity contribution is 9.11. The minimum atomic E-state index is -0.594. The van der Waals surface area contributed by atoms with Crippen LogP contribution in [0.1, 0.15) is 17.2 Å². The Morgan fingerprint density at radius 1 is 0.950 bits per heavy atom. The molecule has 1 unspecified atom stereocenters. The third-order valence-electron chi connectivity index (χ3n) is 2.89. The van der Waals surface area contributed by atoms with Crippen molar-refractivity contribution in [2.45, 2.75) is 6.04 Å². The van der Waals surface area contributed by atoms with E-state index in [4.69, 9.17) is 0 Å².